The molecule has 29 heavy (non-hydrogen) atoms. The van der Waals surface area contributed by atoms with Gasteiger partial charge in [-0.3, -0.25) is 9.69 Å². The van der Waals surface area contributed by atoms with Crippen LogP contribution in [0.5, 0.6) is 0 Å². The van der Waals surface area contributed by atoms with Crippen LogP contribution in [0.25, 0.3) is 0 Å². The van der Waals surface area contributed by atoms with E-state index in [-0.39, 0.29) is 18.3 Å². The molecule has 1 aliphatic rings. The first-order valence-electron chi connectivity index (χ1n) is 9.58. The van der Waals surface area contributed by atoms with Gasteiger partial charge in [0.2, 0.25) is 0 Å². The Bertz CT molecular complexity index is 823. The topological polar surface area (TPSA) is 82.7 Å². The number of halogens is 1. The molecule has 3 rings (SSSR count). The molecular formula is C21H25FN4O3. The van der Waals surface area contributed by atoms with Crippen LogP contribution >= 0.6 is 0 Å². The summed E-state index contributed by atoms with van der Waals surface area (Å²) < 4.78 is 18.9. The zero-order chi connectivity index (χ0) is 20.5. The molecule has 0 aliphatic carbocycles. The van der Waals surface area contributed by atoms with E-state index in [1.807, 2.05) is 0 Å². The predicted octanol–water partition coefficient (Wildman–Crippen LogP) is 2.21. The molecule has 1 fully saturated rings. The molecule has 0 aromatic heterocycles. The summed E-state index contributed by atoms with van der Waals surface area (Å²) in [6.07, 6.45) is 0. The van der Waals surface area contributed by atoms with Crippen LogP contribution in [0, 0.1) is 5.82 Å². The third-order valence-electron chi connectivity index (χ3n) is 4.62. The van der Waals surface area contributed by atoms with Crippen LogP contribution in [0.4, 0.5) is 14.9 Å². The Morgan fingerprint density at radius 3 is 2.45 bits per heavy atom. The summed E-state index contributed by atoms with van der Waals surface area (Å²) in [7, 11) is 0. The van der Waals surface area contributed by atoms with Gasteiger partial charge in [-0.05, 0) is 30.3 Å². The largest absolute Gasteiger partial charge is 0.379 e. The molecule has 154 valence electrons. The first-order chi connectivity index (χ1) is 14.1. The summed E-state index contributed by atoms with van der Waals surface area (Å²) in [4.78, 5) is 26.4. The van der Waals surface area contributed by atoms with Crippen molar-refractivity contribution in [2.75, 3.05) is 44.7 Å². The second kappa shape index (κ2) is 10.5. The molecule has 0 radical (unpaired) electrons. The Labute approximate surface area is 169 Å². The number of rotatable bonds is 7. The highest BCUT2D eigenvalue weighted by Crippen LogP contribution is 2.10. The smallest absolute Gasteiger partial charge is 0.319 e. The maximum absolute atomic E-state index is 13.6. The predicted molar refractivity (Wildman–Crippen MR) is 108 cm³/mol. The van der Waals surface area contributed by atoms with Gasteiger partial charge in [0.15, 0.2) is 0 Å². The summed E-state index contributed by atoms with van der Waals surface area (Å²) in [6, 6.07) is 12.4. The molecule has 2 aromatic carbocycles. The number of benzene rings is 2. The average molecular weight is 400 g/mol. The molecule has 0 saturated carbocycles. The number of anilines is 1. The molecule has 1 aliphatic heterocycles. The lowest BCUT2D eigenvalue weighted by atomic mass is 10.2. The Morgan fingerprint density at radius 1 is 1.00 bits per heavy atom. The van der Waals surface area contributed by atoms with Gasteiger partial charge in [0.05, 0.1) is 13.2 Å². The SMILES string of the molecule is O=C(NCc1ccccc1F)Nc1ccc(C(=O)NCCN2CCOCC2)cc1. The van der Waals surface area contributed by atoms with Crippen LogP contribution in [0.1, 0.15) is 15.9 Å². The second-order valence-electron chi connectivity index (χ2n) is 6.69. The lowest BCUT2D eigenvalue weighted by molar-refractivity contribution is 0.0383. The number of ether oxygens (including phenoxy) is 1. The number of hydrogen-bond acceptors (Lipinski definition) is 4. The van der Waals surface area contributed by atoms with E-state index < -0.39 is 6.03 Å². The molecule has 8 heteroatoms. The summed E-state index contributed by atoms with van der Waals surface area (Å²) >= 11 is 0. The second-order valence-corrected chi connectivity index (χ2v) is 6.69. The number of urea groups is 1. The van der Waals surface area contributed by atoms with Crippen LogP contribution in [0.3, 0.4) is 0 Å². The maximum atomic E-state index is 13.6. The standard InChI is InChI=1S/C21H25FN4O3/c22-19-4-2-1-3-17(19)15-24-21(28)25-18-7-5-16(6-8-18)20(27)23-9-10-26-11-13-29-14-12-26/h1-8H,9-15H2,(H,23,27)(H2,24,25,28). The average Bonchev–Trinajstić information content (AvgIpc) is 2.74. The van der Waals surface area contributed by atoms with E-state index >= 15 is 0 Å². The molecule has 1 heterocycles. The fourth-order valence-electron chi connectivity index (χ4n) is 2.95. The van der Waals surface area contributed by atoms with Crippen molar-refractivity contribution in [1.29, 1.82) is 0 Å². The third kappa shape index (κ3) is 6.55. The van der Waals surface area contributed by atoms with Crippen molar-refractivity contribution in [2.24, 2.45) is 0 Å². The quantitative estimate of drug-likeness (QED) is 0.666. The summed E-state index contributed by atoms with van der Waals surface area (Å²) in [5.74, 6) is -0.523. The van der Waals surface area contributed by atoms with Gasteiger partial charge in [-0.15, -0.1) is 0 Å². The summed E-state index contributed by atoms with van der Waals surface area (Å²) in [6.45, 7) is 4.67. The van der Waals surface area contributed by atoms with Crippen molar-refractivity contribution in [2.45, 2.75) is 6.54 Å². The van der Waals surface area contributed by atoms with Crippen LogP contribution in [0.15, 0.2) is 48.5 Å². The van der Waals surface area contributed by atoms with Crippen molar-refractivity contribution in [3.63, 3.8) is 0 Å². The Hall–Kier alpha value is -2.97. The molecule has 0 spiro atoms. The number of carbonyl (C=O) groups is 2. The van der Waals surface area contributed by atoms with Crippen LogP contribution < -0.4 is 16.0 Å². The third-order valence-corrected chi connectivity index (χ3v) is 4.62. The van der Waals surface area contributed by atoms with Gasteiger partial charge >= 0.3 is 6.03 Å². The van der Waals surface area contributed by atoms with E-state index in [0.717, 1.165) is 32.8 Å². The number of nitrogens with one attached hydrogen (secondary N) is 3. The van der Waals surface area contributed by atoms with Gasteiger partial charge in [-0.25, -0.2) is 9.18 Å². The van der Waals surface area contributed by atoms with E-state index in [4.69, 9.17) is 4.74 Å². The normalized spacial score (nSPS) is 14.2. The van der Waals surface area contributed by atoms with Gasteiger partial charge < -0.3 is 20.7 Å². The van der Waals surface area contributed by atoms with Crippen molar-refractivity contribution in [3.8, 4) is 0 Å². The minimum absolute atomic E-state index is 0.0855. The highest BCUT2D eigenvalue weighted by atomic mass is 19.1. The molecule has 7 nitrogen and oxygen atoms in total. The number of morpholine rings is 1. The highest BCUT2D eigenvalue weighted by molar-refractivity contribution is 5.95. The summed E-state index contributed by atoms with van der Waals surface area (Å²) in [5.41, 5.74) is 1.47. The number of nitrogens with zero attached hydrogens (tertiary/aromatic N) is 1. The van der Waals surface area contributed by atoms with Gasteiger partial charge in [-0.1, -0.05) is 18.2 Å². The molecule has 2 aromatic rings. The van der Waals surface area contributed by atoms with Crippen LogP contribution in [-0.4, -0.2) is 56.2 Å². The molecule has 3 amide bonds. The van der Waals surface area contributed by atoms with E-state index in [1.165, 1.54) is 6.07 Å². The van der Waals surface area contributed by atoms with E-state index in [2.05, 4.69) is 20.9 Å². The van der Waals surface area contributed by atoms with Crippen molar-refractivity contribution < 1.29 is 18.7 Å². The first-order valence-corrected chi connectivity index (χ1v) is 9.58. The minimum atomic E-state index is -0.448. The van der Waals surface area contributed by atoms with Gasteiger partial charge in [0, 0.05) is 49.5 Å². The van der Waals surface area contributed by atoms with Crippen molar-refractivity contribution >= 4 is 17.6 Å². The van der Waals surface area contributed by atoms with Crippen molar-refractivity contribution in [3.05, 3.63) is 65.5 Å². The van der Waals surface area contributed by atoms with Gasteiger partial charge in [-0.2, -0.15) is 0 Å². The number of hydrogen-bond donors (Lipinski definition) is 3. The summed E-state index contributed by atoms with van der Waals surface area (Å²) in [5, 5.41) is 8.16. The maximum Gasteiger partial charge on any atom is 0.319 e. The molecule has 0 unspecified atom stereocenters. The molecule has 0 bridgehead atoms. The number of carbonyl (C=O) groups excluding carboxylic acids is 2. The van der Waals surface area contributed by atoms with Crippen LogP contribution in [-0.2, 0) is 11.3 Å². The Morgan fingerprint density at radius 2 is 1.72 bits per heavy atom. The molecule has 3 N–H and O–H groups in total. The zero-order valence-corrected chi connectivity index (χ0v) is 16.1. The van der Waals surface area contributed by atoms with Crippen LogP contribution in [0.2, 0.25) is 0 Å². The monoisotopic (exact) mass is 400 g/mol. The lowest BCUT2D eigenvalue weighted by Crippen LogP contribution is -2.41. The minimum Gasteiger partial charge on any atom is -0.379 e. The van der Waals surface area contributed by atoms with Crippen molar-refractivity contribution in [1.82, 2.24) is 15.5 Å². The fraction of sp³-hybridized carbons (Fsp3) is 0.333. The van der Waals surface area contributed by atoms with Gasteiger partial charge in [0.1, 0.15) is 5.82 Å². The van der Waals surface area contributed by atoms with E-state index in [1.54, 1.807) is 42.5 Å². The first kappa shape index (κ1) is 20.8. The van der Waals surface area contributed by atoms with Gasteiger partial charge in [0.25, 0.3) is 5.91 Å². The number of amides is 3. The lowest BCUT2D eigenvalue weighted by Gasteiger charge is -2.26. The Kier molecular flexibility index (Phi) is 7.54. The highest BCUT2D eigenvalue weighted by Gasteiger charge is 2.11. The van der Waals surface area contributed by atoms with E-state index in [9.17, 15) is 14.0 Å². The zero-order valence-electron chi connectivity index (χ0n) is 16.1. The molecule has 0 atom stereocenters. The molecule has 1 saturated heterocycles. The fourth-order valence-corrected chi connectivity index (χ4v) is 2.95. The van der Waals surface area contributed by atoms with E-state index in [0.29, 0.717) is 23.4 Å². The Balaban J connectivity index is 1.41. The molecular weight excluding hydrogens is 375 g/mol.